The summed E-state index contributed by atoms with van der Waals surface area (Å²) in [6, 6.07) is 13.0. The summed E-state index contributed by atoms with van der Waals surface area (Å²) >= 11 is 0. The van der Waals surface area contributed by atoms with Crippen LogP contribution in [0.3, 0.4) is 0 Å². The second-order valence-corrected chi connectivity index (χ2v) is 6.09. The van der Waals surface area contributed by atoms with Crippen LogP contribution in [0.25, 0.3) is 10.9 Å². The first kappa shape index (κ1) is 12.1. The molecule has 2 nitrogen and oxygen atoms in total. The number of hydrogen-bond acceptors (Lipinski definition) is 2. The van der Waals surface area contributed by atoms with Crippen molar-refractivity contribution in [3.8, 4) is 0 Å². The highest BCUT2D eigenvalue weighted by Crippen LogP contribution is 2.36. The van der Waals surface area contributed by atoms with Gasteiger partial charge in [-0.2, -0.15) is 0 Å². The number of nitrogens with zero attached hydrogens (tertiary/aromatic N) is 2. The molecule has 2 unspecified atom stereocenters. The molecule has 2 aliphatic rings. The van der Waals surface area contributed by atoms with Gasteiger partial charge < -0.3 is 0 Å². The van der Waals surface area contributed by atoms with E-state index in [0.29, 0.717) is 6.04 Å². The monoisotopic (exact) mass is 264 g/mol. The Morgan fingerprint density at radius 2 is 1.85 bits per heavy atom. The van der Waals surface area contributed by atoms with E-state index in [1.807, 2.05) is 0 Å². The largest absolute Gasteiger partial charge is 0.284 e. The fraction of sp³-hybridized carbons (Fsp3) is 0.444. The van der Waals surface area contributed by atoms with Crippen LogP contribution in [-0.2, 0) is 0 Å². The SMILES string of the molecule is c1ccc2nc(C3CCC4CCCCC4=N3)ccc2c1. The molecule has 0 N–H and O–H groups in total. The normalized spacial score (nSPS) is 26.1. The lowest BCUT2D eigenvalue weighted by atomic mass is 9.80. The van der Waals surface area contributed by atoms with E-state index in [1.165, 1.54) is 49.6 Å². The third kappa shape index (κ3) is 2.13. The number of benzene rings is 1. The lowest BCUT2D eigenvalue weighted by Crippen LogP contribution is -2.25. The zero-order valence-electron chi connectivity index (χ0n) is 11.8. The van der Waals surface area contributed by atoms with Crippen LogP contribution in [0.5, 0.6) is 0 Å². The van der Waals surface area contributed by atoms with Gasteiger partial charge in [0.2, 0.25) is 0 Å². The lowest BCUT2D eigenvalue weighted by Gasteiger charge is -2.31. The Morgan fingerprint density at radius 1 is 0.900 bits per heavy atom. The van der Waals surface area contributed by atoms with Crippen LogP contribution in [0.1, 0.15) is 50.3 Å². The zero-order chi connectivity index (χ0) is 13.4. The lowest BCUT2D eigenvalue weighted by molar-refractivity contribution is 0.427. The van der Waals surface area contributed by atoms with Crippen molar-refractivity contribution in [2.45, 2.75) is 44.6 Å². The maximum absolute atomic E-state index is 5.04. The number of aromatic nitrogens is 1. The number of fused-ring (bicyclic) bond motifs is 2. The molecule has 0 amide bonds. The predicted molar refractivity (Wildman–Crippen MR) is 83.1 cm³/mol. The van der Waals surface area contributed by atoms with Gasteiger partial charge in [0.15, 0.2) is 0 Å². The van der Waals surface area contributed by atoms with Crippen LogP contribution in [0.2, 0.25) is 0 Å². The smallest absolute Gasteiger partial charge is 0.0919 e. The van der Waals surface area contributed by atoms with Crippen molar-refractivity contribution >= 4 is 16.6 Å². The van der Waals surface area contributed by atoms with Crippen molar-refractivity contribution in [2.75, 3.05) is 0 Å². The van der Waals surface area contributed by atoms with E-state index < -0.39 is 0 Å². The van der Waals surface area contributed by atoms with Gasteiger partial charge in [-0.15, -0.1) is 0 Å². The van der Waals surface area contributed by atoms with Crippen molar-refractivity contribution in [3.63, 3.8) is 0 Å². The molecular formula is C18H20N2. The van der Waals surface area contributed by atoms with Crippen LogP contribution in [-0.4, -0.2) is 10.7 Å². The minimum absolute atomic E-state index is 0.295. The summed E-state index contributed by atoms with van der Waals surface area (Å²) in [6.07, 6.45) is 7.76. The number of rotatable bonds is 1. The second kappa shape index (κ2) is 5.01. The van der Waals surface area contributed by atoms with Crippen LogP contribution >= 0.6 is 0 Å². The molecule has 2 aromatic rings. The first-order chi connectivity index (χ1) is 9.90. The molecule has 0 spiro atoms. The molecule has 102 valence electrons. The Labute approximate surface area is 120 Å². The highest BCUT2D eigenvalue weighted by atomic mass is 14.9. The number of hydrogen-bond donors (Lipinski definition) is 0. The second-order valence-electron chi connectivity index (χ2n) is 6.09. The molecule has 0 bridgehead atoms. The predicted octanol–water partition coefficient (Wildman–Crippen LogP) is 4.70. The molecule has 1 aliphatic carbocycles. The molecule has 1 aliphatic heterocycles. The summed E-state index contributed by atoms with van der Waals surface area (Å²) < 4.78 is 0. The van der Waals surface area contributed by atoms with E-state index in [9.17, 15) is 0 Å². The minimum Gasteiger partial charge on any atom is -0.284 e. The van der Waals surface area contributed by atoms with Gasteiger partial charge in [-0.25, -0.2) is 0 Å². The first-order valence-electron chi connectivity index (χ1n) is 7.82. The van der Waals surface area contributed by atoms with Gasteiger partial charge in [-0.1, -0.05) is 30.7 Å². The van der Waals surface area contributed by atoms with Gasteiger partial charge in [-0.3, -0.25) is 9.98 Å². The van der Waals surface area contributed by atoms with Gasteiger partial charge in [-0.05, 0) is 50.2 Å². The highest BCUT2D eigenvalue weighted by molar-refractivity contribution is 5.88. The Bertz CT molecular complexity index is 659. The number of aliphatic imine (C=N–C) groups is 1. The van der Waals surface area contributed by atoms with Crippen LogP contribution in [0.4, 0.5) is 0 Å². The maximum Gasteiger partial charge on any atom is 0.0919 e. The van der Waals surface area contributed by atoms with Gasteiger partial charge in [0, 0.05) is 11.1 Å². The number of para-hydroxylation sites is 1. The highest BCUT2D eigenvalue weighted by Gasteiger charge is 2.27. The molecule has 0 saturated heterocycles. The fourth-order valence-electron chi connectivity index (χ4n) is 3.65. The van der Waals surface area contributed by atoms with Crippen LogP contribution in [0.15, 0.2) is 41.4 Å². The van der Waals surface area contributed by atoms with E-state index in [-0.39, 0.29) is 0 Å². The Balaban J connectivity index is 1.68. The van der Waals surface area contributed by atoms with E-state index in [2.05, 4.69) is 36.4 Å². The van der Waals surface area contributed by atoms with E-state index in [4.69, 9.17) is 9.98 Å². The van der Waals surface area contributed by atoms with Crippen molar-refractivity contribution in [2.24, 2.45) is 10.9 Å². The summed E-state index contributed by atoms with van der Waals surface area (Å²) in [4.78, 5) is 9.86. The van der Waals surface area contributed by atoms with Crippen molar-refractivity contribution < 1.29 is 0 Å². The van der Waals surface area contributed by atoms with Crippen molar-refractivity contribution in [1.82, 2.24) is 4.98 Å². The molecule has 20 heavy (non-hydrogen) atoms. The summed E-state index contributed by atoms with van der Waals surface area (Å²) in [7, 11) is 0. The molecule has 1 fully saturated rings. The van der Waals surface area contributed by atoms with Crippen LogP contribution < -0.4 is 0 Å². The Kier molecular flexibility index (Phi) is 3.02. The summed E-state index contributed by atoms with van der Waals surface area (Å²) in [5.74, 6) is 0.778. The fourth-order valence-corrected chi connectivity index (χ4v) is 3.65. The van der Waals surface area contributed by atoms with Crippen LogP contribution in [0, 0.1) is 5.92 Å². The molecule has 1 aromatic carbocycles. The average Bonchev–Trinajstić information content (AvgIpc) is 2.54. The molecule has 1 saturated carbocycles. The third-order valence-electron chi connectivity index (χ3n) is 4.78. The number of pyridine rings is 1. The summed E-state index contributed by atoms with van der Waals surface area (Å²) in [5.41, 5.74) is 3.72. The van der Waals surface area contributed by atoms with Crippen molar-refractivity contribution in [3.05, 3.63) is 42.1 Å². The molecular weight excluding hydrogens is 244 g/mol. The van der Waals surface area contributed by atoms with Gasteiger partial charge >= 0.3 is 0 Å². The van der Waals surface area contributed by atoms with Gasteiger partial charge in [0.05, 0.1) is 17.3 Å². The van der Waals surface area contributed by atoms with Gasteiger partial charge in [0.1, 0.15) is 0 Å². The summed E-state index contributed by atoms with van der Waals surface area (Å²) in [6.45, 7) is 0. The molecule has 1 aromatic heterocycles. The maximum atomic E-state index is 5.04. The standard InChI is InChI=1S/C18H20N2/c1-3-7-15-13(5-1)9-11-17(19-15)18-12-10-14-6-2-4-8-16(14)20-18/h1,3,5,7,9,11,14,18H,2,4,6,8,10,12H2. The molecule has 2 heterocycles. The van der Waals surface area contributed by atoms with Gasteiger partial charge in [0.25, 0.3) is 0 Å². The third-order valence-corrected chi connectivity index (χ3v) is 4.78. The Morgan fingerprint density at radius 3 is 2.85 bits per heavy atom. The molecule has 0 radical (unpaired) electrons. The van der Waals surface area contributed by atoms with Crippen molar-refractivity contribution in [1.29, 1.82) is 0 Å². The quantitative estimate of drug-likeness (QED) is 0.732. The minimum atomic E-state index is 0.295. The first-order valence-corrected chi connectivity index (χ1v) is 7.82. The topological polar surface area (TPSA) is 25.2 Å². The summed E-state index contributed by atoms with van der Waals surface area (Å²) in [5, 5.41) is 1.22. The zero-order valence-corrected chi connectivity index (χ0v) is 11.8. The van der Waals surface area contributed by atoms with E-state index in [1.54, 1.807) is 0 Å². The Hall–Kier alpha value is -1.70. The van der Waals surface area contributed by atoms with E-state index in [0.717, 1.165) is 17.1 Å². The molecule has 4 rings (SSSR count). The molecule has 2 atom stereocenters. The van der Waals surface area contributed by atoms with E-state index >= 15 is 0 Å². The average molecular weight is 264 g/mol. The molecule has 2 heteroatoms.